The number of rotatable bonds is 5. The summed E-state index contributed by atoms with van der Waals surface area (Å²) in [6.45, 7) is 11.2. The normalized spacial score (nSPS) is 10.6. The minimum absolute atomic E-state index is 0.104. The number of phenolic OH excluding ortho intramolecular Hbond substituents is 1. The fourth-order valence-electron chi connectivity index (χ4n) is 2.39. The Hall–Kier alpha value is -3.27. The summed E-state index contributed by atoms with van der Waals surface area (Å²) in [5.41, 5.74) is 3.39. The van der Waals surface area contributed by atoms with Crippen LogP contribution in [0.2, 0.25) is 0 Å². The lowest BCUT2D eigenvalue weighted by Gasteiger charge is -2.24. The molecule has 1 amide bonds. The lowest BCUT2D eigenvalue weighted by Crippen LogP contribution is -2.29. The number of carbonyl (C=O) groups is 1. The predicted octanol–water partition coefficient (Wildman–Crippen LogP) is 4.80. The number of amides is 1. The third-order valence-electron chi connectivity index (χ3n) is 3.90. The smallest absolute Gasteiger partial charge is 0.263 e. The Bertz CT molecular complexity index is 848. The van der Waals surface area contributed by atoms with E-state index in [1.807, 2.05) is 26.0 Å². The average molecular weight is 335 g/mol. The van der Waals surface area contributed by atoms with Crippen molar-refractivity contribution in [2.45, 2.75) is 13.8 Å². The molecule has 2 aromatic rings. The lowest BCUT2D eigenvalue weighted by molar-refractivity contribution is 0.0995. The van der Waals surface area contributed by atoms with Crippen molar-refractivity contribution in [3.63, 3.8) is 0 Å². The molecule has 2 aromatic carbocycles. The van der Waals surface area contributed by atoms with Crippen LogP contribution in [0.3, 0.4) is 0 Å². The van der Waals surface area contributed by atoms with E-state index in [9.17, 15) is 15.0 Å². The molecule has 0 radical (unpaired) electrons. The summed E-state index contributed by atoms with van der Waals surface area (Å²) >= 11 is 0. The van der Waals surface area contributed by atoms with Crippen LogP contribution in [0, 0.1) is 13.8 Å². The Morgan fingerprint density at radius 2 is 1.68 bits per heavy atom. The van der Waals surface area contributed by atoms with Gasteiger partial charge in [-0.15, -0.1) is 0 Å². The molecule has 0 saturated heterocycles. The molecule has 0 spiro atoms. The minimum Gasteiger partial charge on any atom is -0.509 e. The largest absolute Gasteiger partial charge is 0.509 e. The van der Waals surface area contributed by atoms with E-state index in [-0.39, 0.29) is 17.4 Å². The van der Waals surface area contributed by atoms with Crippen LogP contribution < -0.4 is 4.90 Å². The Morgan fingerprint density at radius 1 is 1.04 bits per heavy atom. The Kier molecular flexibility index (Phi) is 5.45. The summed E-state index contributed by atoms with van der Waals surface area (Å²) in [5.74, 6) is -0.274. The molecule has 0 aliphatic heterocycles. The summed E-state index contributed by atoms with van der Waals surface area (Å²) in [5, 5.41) is 18.8. The van der Waals surface area contributed by atoms with Crippen LogP contribution in [0.5, 0.6) is 5.75 Å². The van der Waals surface area contributed by atoms with Crippen molar-refractivity contribution in [1.29, 1.82) is 0 Å². The highest BCUT2D eigenvalue weighted by Crippen LogP contribution is 2.26. The standard InChI is InChI=1S/C21H21NO3/c1-14-6-5-7-20(17(14)4)21(25)22(15(2)8-9-16(3)23)18-10-12-19(24)13-11-18/h5-13,23-24H,2-3H2,1,4H3/b9-8-. The summed E-state index contributed by atoms with van der Waals surface area (Å²) in [6.07, 6.45) is 2.88. The van der Waals surface area contributed by atoms with Crippen LogP contribution in [-0.2, 0) is 0 Å². The second-order valence-corrected chi connectivity index (χ2v) is 5.72. The van der Waals surface area contributed by atoms with E-state index in [1.54, 1.807) is 18.2 Å². The minimum atomic E-state index is -0.245. The van der Waals surface area contributed by atoms with Gasteiger partial charge in [-0.05, 0) is 67.5 Å². The van der Waals surface area contributed by atoms with Crippen molar-refractivity contribution < 1.29 is 15.0 Å². The van der Waals surface area contributed by atoms with E-state index in [4.69, 9.17) is 0 Å². The second-order valence-electron chi connectivity index (χ2n) is 5.72. The van der Waals surface area contributed by atoms with Crippen LogP contribution in [-0.4, -0.2) is 16.1 Å². The number of carbonyl (C=O) groups excluding carboxylic acids is 1. The summed E-state index contributed by atoms with van der Waals surface area (Å²) in [4.78, 5) is 14.6. The summed E-state index contributed by atoms with van der Waals surface area (Å²) in [7, 11) is 0. The zero-order valence-electron chi connectivity index (χ0n) is 14.4. The molecule has 4 heteroatoms. The maximum atomic E-state index is 13.2. The maximum absolute atomic E-state index is 13.2. The molecule has 0 saturated carbocycles. The van der Waals surface area contributed by atoms with Gasteiger partial charge in [0.2, 0.25) is 0 Å². The molecule has 0 bridgehead atoms. The zero-order valence-corrected chi connectivity index (χ0v) is 14.4. The van der Waals surface area contributed by atoms with Crippen LogP contribution in [0.1, 0.15) is 21.5 Å². The quantitative estimate of drug-likeness (QED) is 0.609. The number of aryl methyl sites for hydroxylation is 1. The summed E-state index contributed by atoms with van der Waals surface area (Å²) in [6, 6.07) is 11.8. The number of benzene rings is 2. The number of hydrogen-bond donors (Lipinski definition) is 2. The van der Waals surface area contributed by atoms with Crippen LogP contribution in [0.25, 0.3) is 0 Å². The second kappa shape index (κ2) is 7.53. The van der Waals surface area contributed by atoms with Crippen molar-refractivity contribution in [3.8, 4) is 5.75 Å². The Labute approximate surface area is 147 Å². The average Bonchev–Trinajstić information content (AvgIpc) is 2.57. The van der Waals surface area contributed by atoms with Gasteiger partial charge >= 0.3 is 0 Å². The molecule has 0 aromatic heterocycles. The molecule has 0 aliphatic rings. The molecule has 25 heavy (non-hydrogen) atoms. The van der Waals surface area contributed by atoms with Crippen LogP contribution in [0.4, 0.5) is 5.69 Å². The van der Waals surface area contributed by atoms with Gasteiger partial charge in [-0.1, -0.05) is 25.3 Å². The van der Waals surface area contributed by atoms with Gasteiger partial charge in [-0.3, -0.25) is 9.69 Å². The van der Waals surface area contributed by atoms with Crippen molar-refractivity contribution in [1.82, 2.24) is 0 Å². The number of aromatic hydroxyl groups is 1. The van der Waals surface area contributed by atoms with Crippen molar-refractivity contribution >= 4 is 11.6 Å². The molecule has 4 nitrogen and oxygen atoms in total. The van der Waals surface area contributed by atoms with Crippen molar-refractivity contribution in [2.75, 3.05) is 4.90 Å². The van der Waals surface area contributed by atoms with E-state index in [0.29, 0.717) is 16.9 Å². The molecule has 0 heterocycles. The third-order valence-corrected chi connectivity index (χ3v) is 3.90. The number of allylic oxidation sites excluding steroid dienone is 2. The molecule has 2 rings (SSSR count). The highest BCUT2D eigenvalue weighted by molar-refractivity contribution is 6.09. The fraction of sp³-hybridized carbons (Fsp3) is 0.0952. The van der Waals surface area contributed by atoms with Gasteiger partial charge in [0.25, 0.3) is 5.91 Å². The first-order valence-electron chi connectivity index (χ1n) is 7.76. The number of anilines is 1. The summed E-state index contributed by atoms with van der Waals surface area (Å²) < 4.78 is 0. The first kappa shape index (κ1) is 18.1. The molecular weight excluding hydrogens is 314 g/mol. The highest BCUT2D eigenvalue weighted by Gasteiger charge is 2.21. The van der Waals surface area contributed by atoms with E-state index in [1.165, 1.54) is 29.2 Å². The first-order valence-corrected chi connectivity index (χ1v) is 7.76. The molecule has 0 aliphatic carbocycles. The molecule has 128 valence electrons. The van der Waals surface area contributed by atoms with E-state index in [0.717, 1.165) is 11.1 Å². The monoisotopic (exact) mass is 335 g/mol. The molecule has 0 unspecified atom stereocenters. The molecule has 2 N–H and O–H groups in total. The van der Waals surface area contributed by atoms with E-state index in [2.05, 4.69) is 13.2 Å². The van der Waals surface area contributed by atoms with E-state index < -0.39 is 0 Å². The lowest BCUT2D eigenvalue weighted by atomic mass is 10.0. The SMILES string of the molecule is C=C(O)/C=C\C(=C)N(C(=O)c1cccc(C)c1C)c1ccc(O)cc1. The number of aliphatic hydroxyl groups is 1. The number of aliphatic hydroxyl groups excluding tert-OH is 1. The Balaban J connectivity index is 2.52. The number of hydrogen-bond acceptors (Lipinski definition) is 3. The fourth-order valence-corrected chi connectivity index (χ4v) is 2.39. The van der Waals surface area contributed by atoms with E-state index >= 15 is 0 Å². The van der Waals surface area contributed by atoms with Gasteiger partial charge in [0.1, 0.15) is 11.5 Å². The van der Waals surface area contributed by atoms with Crippen LogP contribution >= 0.6 is 0 Å². The van der Waals surface area contributed by atoms with Gasteiger partial charge in [0.15, 0.2) is 0 Å². The first-order chi connectivity index (χ1) is 11.8. The zero-order chi connectivity index (χ0) is 18.6. The van der Waals surface area contributed by atoms with Crippen LogP contribution in [0.15, 0.2) is 79.2 Å². The topological polar surface area (TPSA) is 60.8 Å². The van der Waals surface area contributed by atoms with Gasteiger partial charge in [-0.2, -0.15) is 0 Å². The molecule has 0 fully saturated rings. The van der Waals surface area contributed by atoms with Gasteiger partial charge < -0.3 is 10.2 Å². The van der Waals surface area contributed by atoms with Gasteiger partial charge in [-0.25, -0.2) is 0 Å². The Morgan fingerprint density at radius 3 is 2.28 bits per heavy atom. The highest BCUT2D eigenvalue weighted by atomic mass is 16.3. The van der Waals surface area contributed by atoms with Gasteiger partial charge in [0, 0.05) is 16.9 Å². The maximum Gasteiger partial charge on any atom is 0.263 e. The van der Waals surface area contributed by atoms with Crippen molar-refractivity contribution in [3.05, 3.63) is 95.9 Å². The van der Waals surface area contributed by atoms with Crippen molar-refractivity contribution in [2.24, 2.45) is 0 Å². The number of nitrogens with zero attached hydrogens (tertiary/aromatic N) is 1. The number of phenols is 1. The predicted molar refractivity (Wildman–Crippen MR) is 101 cm³/mol. The molecular formula is C21H21NO3. The third kappa shape index (κ3) is 4.18. The molecule has 0 atom stereocenters. The van der Waals surface area contributed by atoms with Gasteiger partial charge in [0.05, 0.1) is 0 Å².